The topological polar surface area (TPSA) is 24.9 Å². The van der Waals surface area contributed by atoms with E-state index in [2.05, 4.69) is 70.7 Å². The number of hydrogen-bond acceptors (Lipinski definition) is 4. The zero-order valence-corrected chi connectivity index (χ0v) is 16.8. The SMILES string of the molecule is [B]P(I)N1COc2cc3c(cc2C1)OCN(P[B]I)C3. The van der Waals surface area contributed by atoms with E-state index in [0.29, 0.717) is 22.1 Å². The fraction of sp³-hybridized carbons (Fsp3) is 0.400. The van der Waals surface area contributed by atoms with Crippen LogP contribution in [-0.4, -0.2) is 35.2 Å². The molecule has 10 heteroatoms. The van der Waals surface area contributed by atoms with Crippen molar-refractivity contribution in [3.63, 3.8) is 0 Å². The minimum atomic E-state index is -0.641. The summed E-state index contributed by atoms with van der Waals surface area (Å²) in [6.07, 6.45) is 0. The van der Waals surface area contributed by atoms with E-state index in [1.807, 2.05) is 0 Å². The van der Waals surface area contributed by atoms with Crippen LogP contribution >= 0.6 is 58.6 Å². The summed E-state index contributed by atoms with van der Waals surface area (Å²) < 4.78 is 16.1. The Hall–Kier alpha value is 1.19. The highest BCUT2D eigenvalue weighted by Gasteiger charge is 2.24. The molecular weight excluding hydrogens is 518 g/mol. The third-order valence-electron chi connectivity index (χ3n) is 3.20. The Morgan fingerprint density at radius 3 is 2.50 bits per heavy atom. The van der Waals surface area contributed by atoms with Crippen LogP contribution in [-0.2, 0) is 13.1 Å². The molecule has 1 aromatic carbocycles. The van der Waals surface area contributed by atoms with E-state index in [4.69, 9.17) is 17.0 Å². The third kappa shape index (κ3) is 3.57. The number of rotatable bonds is 3. The van der Waals surface area contributed by atoms with Crippen LogP contribution in [0.4, 0.5) is 0 Å². The first kappa shape index (κ1) is 16.1. The highest BCUT2D eigenvalue weighted by molar-refractivity contribution is 14.2. The normalized spacial score (nSPS) is 20.9. The largest absolute Gasteiger partial charge is 0.478 e. The second kappa shape index (κ2) is 7.18. The molecule has 20 heavy (non-hydrogen) atoms. The summed E-state index contributed by atoms with van der Waals surface area (Å²) in [5.41, 5.74) is 1.73. The highest BCUT2D eigenvalue weighted by Crippen LogP contribution is 2.47. The minimum Gasteiger partial charge on any atom is -0.478 e. The van der Waals surface area contributed by atoms with Crippen molar-refractivity contribution in [1.29, 1.82) is 0 Å². The summed E-state index contributed by atoms with van der Waals surface area (Å²) in [5, 5.41) is 0. The van der Waals surface area contributed by atoms with Crippen molar-refractivity contribution in [3.05, 3.63) is 23.3 Å². The van der Waals surface area contributed by atoms with Crippen LogP contribution in [0.25, 0.3) is 0 Å². The van der Waals surface area contributed by atoms with Gasteiger partial charge in [0.1, 0.15) is 32.5 Å². The number of hydrogen-bond donors (Lipinski definition) is 0. The molecule has 0 N–H and O–H groups in total. The van der Waals surface area contributed by atoms with Crippen LogP contribution in [0.1, 0.15) is 11.1 Å². The third-order valence-corrected chi connectivity index (χ3v) is 7.42. The molecule has 0 fully saturated rings. The molecule has 2 heterocycles. The molecule has 2 unspecified atom stereocenters. The highest BCUT2D eigenvalue weighted by atomic mass is 127. The first-order valence-electron chi connectivity index (χ1n) is 5.97. The Bertz CT molecular complexity index is 512. The number of halogens is 2. The minimum absolute atomic E-state index is 0.574. The molecule has 3 radical (unpaired) electrons. The van der Waals surface area contributed by atoms with Gasteiger partial charge < -0.3 is 9.47 Å². The van der Waals surface area contributed by atoms with E-state index in [9.17, 15) is 0 Å². The molecule has 0 bridgehead atoms. The summed E-state index contributed by atoms with van der Waals surface area (Å²) in [6.45, 7) is 2.99. The van der Waals surface area contributed by atoms with Crippen molar-refractivity contribution < 1.29 is 9.47 Å². The Kier molecular flexibility index (Phi) is 5.76. The summed E-state index contributed by atoms with van der Waals surface area (Å²) in [7, 11) is 6.65. The standard InChI is InChI=1S/C10H11B2I2N2O2P2/c11-20(14)16-4-8-2-9-7(1-10(8)18-6-16)3-15(5-17-9)19-12-13/h1-2,19H,3-6H2. The lowest BCUT2D eigenvalue weighted by Gasteiger charge is -2.34. The summed E-state index contributed by atoms with van der Waals surface area (Å²) in [5.74, 6) is 1.96. The quantitative estimate of drug-likeness (QED) is 0.341. The van der Waals surface area contributed by atoms with E-state index >= 15 is 0 Å². The molecule has 0 aliphatic carbocycles. The molecule has 0 saturated heterocycles. The van der Waals surface area contributed by atoms with Gasteiger partial charge in [0.05, 0.1) is 0 Å². The molecule has 0 amide bonds. The Morgan fingerprint density at radius 2 is 1.85 bits per heavy atom. The van der Waals surface area contributed by atoms with Crippen molar-refractivity contribution >= 4 is 71.0 Å². The summed E-state index contributed by atoms with van der Waals surface area (Å²) in [4.78, 5) is 2.14. The van der Waals surface area contributed by atoms with Gasteiger partial charge in [-0.15, -0.1) is 22.4 Å². The Balaban J connectivity index is 1.81. The lowest BCUT2D eigenvalue weighted by molar-refractivity contribution is 0.165. The molecule has 0 spiro atoms. The molecule has 0 saturated carbocycles. The fourth-order valence-corrected chi connectivity index (χ4v) is 5.23. The molecule has 2 aliphatic heterocycles. The van der Waals surface area contributed by atoms with Gasteiger partial charge in [0, 0.05) is 24.2 Å². The molecule has 4 nitrogen and oxygen atoms in total. The van der Waals surface area contributed by atoms with Crippen LogP contribution in [0.3, 0.4) is 0 Å². The van der Waals surface area contributed by atoms with Crippen LogP contribution in [0.5, 0.6) is 11.5 Å². The van der Waals surface area contributed by atoms with Gasteiger partial charge in [0.15, 0.2) is 0 Å². The van der Waals surface area contributed by atoms with Gasteiger partial charge in [-0.05, 0) is 39.8 Å². The van der Waals surface area contributed by atoms with Crippen molar-refractivity contribution in [2.45, 2.75) is 13.1 Å². The van der Waals surface area contributed by atoms with E-state index < -0.39 is 5.59 Å². The van der Waals surface area contributed by atoms with E-state index in [0.717, 1.165) is 24.6 Å². The van der Waals surface area contributed by atoms with Crippen LogP contribution < -0.4 is 9.47 Å². The van der Waals surface area contributed by atoms with E-state index in [1.54, 1.807) is 0 Å². The first-order chi connectivity index (χ1) is 9.67. The molecule has 0 aromatic heterocycles. The van der Waals surface area contributed by atoms with Gasteiger partial charge in [-0.1, -0.05) is 8.61 Å². The lowest BCUT2D eigenvalue weighted by atomic mass is 10.1. The van der Waals surface area contributed by atoms with Crippen molar-refractivity contribution in [1.82, 2.24) is 9.34 Å². The van der Waals surface area contributed by atoms with Crippen molar-refractivity contribution in [2.24, 2.45) is 0 Å². The molecule has 1 aromatic rings. The Morgan fingerprint density at radius 1 is 1.20 bits per heavy atom. The van der Waals surface area contributed by atoms with Gasteiger partial charge in [-0.25, -0.2) is 4.67 Å². The average molecular weight is 529 g/mol. The maximum absolute atomic E-state index is 5.97. The van der Waals surface area contributed by atoms with E-state index in [1.165, 1.54) is 11.1 Å². The van der Waals surface area contributed by atoms with Crippen LogP contribution in [0.2, 0.25) is 0 Å². The molecule has 3 rings (SSSR count). The van der Waals surface area contributed by atoms with Gasteiger partial charge >= 0.3 is 0 Å². The average Bonchev–Trinajstić information content (AvgIpc) is 2.44. The number of ether oxygens (including phenoxy) is 2. The molecule has 103 valence electrons. The smallest absolute Gasteiger partial charge is 0.248 e. The first-order valence-corrected chi connectivity index (χ1v) is 12.4. The second-order valence-electron chi connectivity index (χ2n) is 4.50. The maximum atomic E-state index is 5.97. The predicted octanol–water partition coefficient (Wildman–Crippen LogP) is 3.38. The summed E-state index contributed by atoms with van der Waals surface area (Å²) >= 11 is 4.54. The van der Waals surface area contributed by atoms with Gasteiger partial charge in [-0.2, -0.15) is 0 Å². The van der Waals surface area contributed by atoms with Gasteiger partial charge in [-0.3, -0.25) is 4.67 Å². The lowest BCUT2D eigenvalue weighted by Crippen LogP contribution is -2.29. The molecule has 2 atom stereocenters. The van der Waals surface area contributed by atoms with Gasteiger partial charge in [0.2, 0.25) is 4.86 Å². The predicted molar refractivity (Wildman–Crippen MR) is 103 cm³/mol. The molecular formula is C10H11B2I2N2O2P2. The van der Waals surface area contributed by atoms with E-state index in [-0.39, 0.29) is 0 Å². The number of fused-ring (bicyclic) bond motifs is 2. The summed E-state index contributed by atoms with van der Waals surface area (Å²) in [6, 6.07) is 4.23. The van der Waals surface area contributed by atoms with Crippen LogP contribution in [0, 0.1) is 0 Å². The monoisotopic (exact) mass is 529 g/mol. The fourth-order valence-electron chi connectivity index (χ4n) is 2.22. The van der Waals surface area contributed by atoms with Crippen molar-refractivity contribution in [3.8, 4) is 11.5 Å². The second-order valence-corrected chi connectivity index (χ2v) is 11.6. The number of benzene rings is 1. The Labute approximate surface area is 150 Å². The maximum Gasteiger partial charge on any atom is 0.248 e. The number of nitrogens with zero attached hydrogens (tertiary/aromatic N) is 2. The molecule has 2 aliphatic rings. The van der Waals surface area contributed by atoms with Crippen molar-refractivity contribution in [2.75, 3.05) is 13.5 Å². The van der Waals surface area contributed by atoms with Crippen LogP contribution in [0.15, 0.2) is 12.1 Å². The zero-order valence-electron chi connectivity index (χ0n) is 10.6. The van der Waals surface area contributed by atoms with Gasteiger partial charge in [0.25, 0.3) is 0 Å². The zero-order chi connectivity index (χ0) is 14.1.